The van der Waals surface area contributed by atoms with Gasteiger partial charge in [-0.1, -0.05) is 39.3 Å². The van der Waals surface area contributed by atoms with E-state index < -0.39 is 10.0 Å². The van der Waals surface area contributed by atoms with Crippen LogP contribution in [0.5, 0.6) is 0 Å². The van der Waals surface area contributed by atoms with E-state index in [0.29, 0.717) is 22.6 Å². The van der Waals surface area contributed by atoms with E-state index in [1.807, 2.05) is 0 Å². The SMILES string of the molecule is CCC(C)(C)C1CCC(NC(=O)c2ccccc2N(C)S(C)(=O)=O)CC1. The summed E-state index contributed by atoms with van der Waals surface area (Å²) in [6.45, 7) is 6.89. The Balaban J connectivity index is 2.06. The normalized spacial score (nSPS) is 21.3. The van der Waals surface area contributed by atoms with E-state index in [-0.39, 0.29) is 11.9 Å². The van der Waals surface area contributed by atoms with Crippen LogP contribution in [0.1, 0.15) is 63.2 Å². The molecule has 5 nitrogen and oxygen atoms in total. The summed E-state index contributed by atoms with van der Waals surface area (Å²) < 4.78 is 24.9. The van der Waals surface area contributed by atoms with Crippen molar-refractivity contribution in [3.63, 3.8) is 0 Å². The van der Waals surface area contributed by atoms with Crippen molar-refractivity contribution in [3.05, 3.63) is 29.8 Å². The monoisotopic (exact) mass is 380 g/mol. The third kappa shape index (κ3) is 4.78. The molecule has 1 amide bonds. The number of carbonyl (C=O) groups is 1. The Bertz CT molecular complexity index is 735. The minimum Gasteiger partial charge on any atom is -0.349 e. The molecule has 1 aliphatic carbocycles. The third-order valence-corrected chi connectivity index (χ3v) is 7.26. The number of sulfonamides is 1. The second-order valence-electron chi connectivity index (χ2n) is 8.11. The molecule has 6 heteroatoms. The van der Waals surface area contributed by atoms with Gasteiger partial charge in [-0.25, -0.2) is 8.42 Å². The van der Waals surface area contributed by atoms with Crippen molar-refractivity contribution in [3.8, 4) is 0 Å². The molecule has 1 aromatic carbocycles. The van der Waals surface area contributed by atoms with Crippen molar-refractivity contribution in [2.75, 3.05) is 17.6 Å². The topological polar surface area (TPSA) is 66.5 Å². The van der Waals surface area contributed by atoms with Crippen LogP contribution in [-0.2, 0) is 10.0 Å². The van der Waals surface area contributed by atoms with Crippen molar-refractivity contribution >= 4 is 21.6 Å². The van der Waals surface area contributed by atoms with Crippen molar-refractivity contribution in [1.29, 1.82) is 0 Å². The standard InChI is InChI=1S/C20H32N2O3S/c1-6-20(2,3)15-11-13-16(14-12-15)21-19(23)17-9-7-8-10-18(17)22(4)26(5,24)25/h7-10,15-16H,6,11-14H2,1-5H3,(H,21,23). The lowest BCUT2D eigenvalue weighted by molar-refractivity contribution is 0.0894. The van der Waals surface area contributed by atoms with E-state index in [1.165, 1.54) is 13.5 Å². The van der Waals surface area contributed by atoms with Gasteiger partial charge >= 0.3 is 0 Å². The summed E-state index contributed by atoms with van der Waals surface area (Å²) in [6, 6.07) is 7.00. The summed E-state index contributed by atoms with van der Waals surface area (Å²) in [7, 11) is -1.95. The number of nitrogens with one attached hydrogen (secondary N) is 1. The highest BCUT2D eigenvalue weighted by Gasteiger charge is 2.32. The first-order valence-electron chi connectivity index (χ1n) is 9.40. The maximum atomic E-state index is 12.8. The molecule has 0 spiro atoms. The second kappa shape index (κ2) is 7.99. The fraction of sp³-hybridized carbons (Fsp3) is 0.650. The highest BCUT2D eigenvalue weighted by molar-refractivity contribution is 7.92. The van der Waals surface area contributed by atoms with Crippen LogP contribution in [0.25, 0.3) is 0 Å². The zero-order valence-corrected chi connectivity index (χ0v) is 17.4. The van der Waals surface area contributed by atoms with Gasteiger partial charge in [0.25, 0.3) is 5.91 Å². The highest BCUT2D eigenvalue weighted by atomic mass is 32.2. The second-order valence-corrected chi connectivity index (χ2v) is 10.1. The first-order valence-corrected chi connectivity index (χ1v) is 11.2. The van der Waals surface area contributed by atoms with Crippen molar-refractivity contribution in [1.82, 2.24) is 5.32 Å². The predicted molar refractivity (Wildman–Crippen MR) is 107 cm³/mol. The van der Waals surface area contributed by atoms with Gasteiger partial charge in [0.05, 0.1) is 17.5 Å². The number of para-hydroxylation sites is 1. The highest BCUT2D eigenvalue weighted by Crippen LogP contribution is 2.40. The van der Waals surface area contributed by atoms with Crippen molar-refractivity contribution in [2.24, 2.45) is 11.3 Å². The van der Waals surface area contributed by atoms with Crippen LogP contribution in [0.4, 0.5) is 5.69 Å². The Morgan fingerprint density at radius 3 is 2.31 bits per heavy atom. The number of anilines is 1. The molecule has 1 fully saturated rings. The summed E-state index contributed by atoms with van der Waals surface area (Å²) in [5.41, 5.74) is 1.16. The van der Waals surface area contributed by atoms with Gasteiger partial charge in [-0.2, -0.15) is 0 Å². The Hall–Kier alpha value is -1.56. The fourth-order valence-corrected chi connectivity index (χ4v) is 4.21. The summed E-state index contributed by atoms with van der Waals surface area (Å²) in [5.74, 6) is 0.499. The van der Waals surface area contributed by atoms with Gasteiger partial charge in [0.15, 0.2) is 0 Å². The Morgan fingerprint density at radius 2 is 1.77 bits per heavy atom. The Labute approximate surface area is 158 Å². The summed E-state index contributed by atoms with van der Waals surface area (Å²) in [5, 5.41) is 3.11. The molecular weight excluding hydrogens is 348 g/mol. The minimum absolute atomic E-state index is 0.156. The molecule has 2 rings (SSSR count). The summed E-state index contributed by atoms with van der Waals surface area (Å²) >= 11 is 0. The molecular formula is C20H32N2O3S. The first-order chi connectivity index (χ1) is 12.1. The van der Waals surface area contributed by atoms with Gasteiger partial charge < -0.3 is 5.32 Å². The Kier molecular flexibility index (Phi) is 6.37. The average Bonchev–Trinajstić information content (AvgIpc) is 2.60. The van der Waals surface area contributed by atoms with Crippen molar-refractivity contribution in [2.45, 2.75) is 58.9 Å². The van der Waals surface area contributed by atoms with Crippen molar-refractivity contribution < 1.29 is 13.2 Å². The molecule has 0 aromatic heterocycles. The number of benzene rings is 1. The number of hydrogen-bond acceptors (Lipinski definition) is 3. The molecule has 26 heavy (non-hydrogen) atoms. The lowest BCUT2D eigenvalue weighted by atomic mass is 9.69. The van der Waals surface area contributed by atoms with Crippen LogP contribution < -0.4 is 9.62 Å². The molecule has 0 unspecified atom stereocenters. The predicted octanol–water partition coefficient (Wildman–Crippen LogP) is 3.81. The minimum atomic E-state index is -3.42. The molecule has 1 aliphatic rings. The molecule has 0 saturated heterocycles. The maximum absolute atomic E-state index is 12.8. The quantitative estimate of drug-likeness (QED) is 0.816. The largest absolute Gasteiger partial charge is 0.349 e. The molecule has 1 saturated carbocycles. The van der Waals surface area contributed by atoms with Crippen LogP contribution >= 0.6 is 0 Å². The van der Waals surface area contributed by atoms with E-state index in [4.69, 9.17) is 0 Å². The van der Waals surface area contributed by atoms with E-state index in [0.717, 1.165) is 36.2 Å². The van der Waals surface area contributed by atoms with Gasteiger partial charge in [-0.15, -0.1) is 0 Å². The zero-order valence-electron chi connectivity index (χ0n) is 16.6. The number of carbonyl (C=O) groups excluding carboxylic acids is 1. The van der Waals surface area contributed by atoms with E-state index in [2.05, 4.69) is 26.1 Å². The lowest BCUT2D eigenvalue weighted by Crippen LogP contribution is -2.40. The van der Waals surface area contributed by atoms with Gasteiger partial charge in [0.1, 0.15) is 0 Å². The molecule has 0 radical (unpaired) electrons. The van der Waals surface area contributed by atoms with Crippen LogP contribution in [0.15, 0.2) is 24.3 Å². The van der Waals surface area contributed by atoms with E-state index in [1.54, 1.807) is 24.3 Å². The van der Waals surface area contributed by atoms with Crippen LogP contribution in [0, 0.1) is 11.3 Å². The van der Waals surface area contributed by atoms with E-state index in [9.17, 15) is 13.2 Å². The van der Waals surface area contributed by atoms with Gasteiger partial charge in [0, 0.05) is 13.1 Å². The molecule has 0 bridgehead atoms. The first kappa shape index (κ1) is 20.7. The zero-order chi connectivity index (χ0) is 19.5. The molecule has 0 atom stereocenters. The van der Waals surface area contributed by atoms with Crippen LogP contribution in [0.3, 0.4) is 0 Å². The molecule has 1 N–H and O–H groups in total. The number of amides is 1. The smallest absolute Gasteiger partial charge is 0.253 e. The van der Waals surface area contributed by atoms with Gasteiger partial charge in [0.2, 0.25) is 10.0 Å². The van der Waals surface area contributed by atoms with Crippen LogP contribution in [-0.4, -0.2) is 33.7 Å². The number of nitrogens with zero attached hydrogens (tertiary/aromatic N) is 1. The molecule has 0 heterocycles. The third-order valence-electron chi connectivity index (χ3n) is 6.06. The molecule has 1 aromatic rings. The number of rotatable bonds is 6. The van der Waals surface area contributed by atoms with E-state index >= 15 is 0 Å². The lowest BCUT2D eigenvalue weighted by Gasteiger charge is -2.39. The Morgan fingerprint density at radius 1 is 1.19 bits per heavy atom. The van der Waals surface area contributed by atoms with Gasteiger partial charge in [-0.3, -0.25) is 9.10 Å². The van der Waals surface area contributed by atoms with Crippen LogP contribution in [0.2, 0.25) is 0 Å². The average molecular weight is 381 g/mol. The molecule has 0 aliphatic heterocycles. The summed E-state index contributed by atoms with van der Waals surface area (Å²) in [4.78, 5) is 12.8. The number of hydrogen-bond donors (Lipinski definition) is 1. The molecule has 146 valence electrons. The maximum Gasteiger partial charge on any atom is 0.253 e. The summed E-state index contributed by atoms with van der Waals surface area (Å²) in [6.07, 6.45) is 6.50. The van der Waals surface area contributed by atoms with Gasteiger partial charge in [-0.05, 0) is 49.1 Å². The fourth-order valence-electron chi connectivity index (χ4n) is 3.69.